The Morgan fingerprint density at radius 2 is 2.00 bits per heavy atom. The summed E-state index contributed by atoms with van der Waals surface area (Å²) in [4.78, 5) is 17.3. The molecule has 3 rings (SSSR count). The van der Waals surface area contributed by atoms with Crippen LogP contribution in [0.2, 0.25) is 0 Å². The number of nitrogens with one attached hydrogen (secondary N) is 2. The Morgan fingerprint density at radius 3 is 2.55 bits per heavy atom. The summed E-state index contributed by atoms with van der Waals surface area (Å²) in [5.74, 6) is 0.933. The largest absolute Gasteiger partial charge is 0.375 e. The van der Waals surface area contributed by atoms with E-state index in [9.17, 15) is 4.79 Å². The van der Waals surface area contributed by atoms with E-state index in [2.05, 4.69) is 37.1 Å². The molecular weight excluding hydrogens is 388 g/mol. The second kappa shape index (κ2) is 10.0. The van der Waals surface area contributed by atoms with Gasteiger partial charge in [0.1, 0.15) is 0 Å². The molecule has 31 heavy (non-hydrogen) atoms. The van der Waals surface area contributed by atoms with Crippen molar-refractivity contribution >= 4 is 11.7 Å². The first kappa shape index (κ1) is 24.2. The fourth-order valence-corrected chi connectivity index (χ4v) is 5.60. The van der Waals surface area contributed by atoms with Crippen molar-refractivity contribution in [3.8, 4) is 0 Å². The summed E-state index contributed by atoms with van der Waals surface area (Å²) in [5, 5.41) is 11.1. The van der Waals surface area contributed by atoms with Crippen molar-refractivity contribution in [2.75, 3.05) is 45.9 Å². The van der Waals surface area contributed by atoms with Gasteiger partial charge < -0.3 is 25.3 Å². The predicted molar refractivity (Wildman–Crippen MR) is 127 cm³/mol. The van der Waals surface area contributed by atoms with Gasteiger partial charge >= 0.3 is 6.03 Å². The lowest BCUT2D eigenvalue weighted by atomic mass is 9.55. The minimum Gasteiger partial charge on any atom is -0.375 e. The van der Waals surface area contributed by atoms with Gasteiger partial charge in [-0.3, -0.25) is 0 Å². The summed E-state index contributed by atoms with van der Waals surface area (Å²) in [5.41, 5.74) is 2.37. The Balaban J connectivity index is 1.41. The molecule has 2 atom stereocenters. The lowest BCUT2D eigenvalue weighted by Crippen LogP contribution is -2.53. The van der Waals surface area contributed by atoms with Crippen molar-refractivity contribution in [1.82, 2.24) is 15.1 Å². The van der Waals surface area contributed by atoms with Crippen LogP contribution in [0.3, 0.4) is 0 Å². The second-order valence-corrected chi connectivity index (χ2v) is 11.0. The number of ether oxygens (including phenoxy) is 1. The maximum Gasteiger partial charge on any atom is 0.317 e. The number of rotatable bonds is 7. The highest BCUT2D eigenvalue weighted by atomic mass is 16.5. The van der Waals surface area contributed by atoms with Crippen LogP contribution in [0.1, 0.15) is 66.7 Å². The smallest absolute Gasteiger partial charge is 0.317 e. The predicted octanol–water partition coefficient (Wildman–Crippen LogP) is 4.31. The van der Waals surface area contributed by atoms with E-state index in [0.717, 1.165) is 45.8 Å². The molecule has 0 aromatic rings. The monoisotopic (exact) mass is 432 g/mol. The summed E-state index contributed by atoms with van der Waals surface area (Å²) in [7, 11) is 0. The number of amides is 2. The van der Waals surface area contributed by atoms with E-state index in [1.807, 2.05) is 18.7 Å². The average molecular weight is 433 g/mol. The number of hydrogen-bond donors (Lipinski definition) is 2. The molecule has 3 fully saturated rings. The Bertz CT molecular complexity index is 673. The van der Waals surface area contributed by atoms with Gasteiger partial charge in [0.05, 0.1) is 12.2 Å². The normalized spacial score (nSPS) is 27.5. The third kappa shape index (κ3) is 6.32. The lowest BCUT2D eigenvalue weighted by molar-refractivity contribution is -0.0504. The van der Waals surface area contributed by atoms with Crippen LogP contribution in [0.5, 0.6) is 0 Å². The van der Waals surface area contributed by atoms with E-state index in [0.29, 0.717) is 29.5 Å². The zero-order valence-electron chi connectivity index (χ0n) is 20.4. The Labute approximate surface area is 189 Å². The van der Waals surface area contributed by atoms with E-state index < -0.39 is 0 Å². The first-order valence-electron chi connectivity index (χ1n) is 12.2. The molecule has 1 aliphatic carbocycles. The van der Waals surface area contributed by atoms with Gasteiger partial charge in [0.15, 0.2) is 0 Å². The Morgan fingerprint density at radius 1 is 1.29 bits per heavy atom. The number of piperidine rings is 1. The van der Waals surface area contributed by atoms with Gasteiger partial charge in [-0.1, -0.05) is 6.08 Å². The zero-order chi connectivity index (χ0) is 22.6. The minimum atomic E-state index is -0.0599. The van der Waals surface area contributed by atoms with E-state index in [4.69, 9.17) is 10.1 Å². The van der Waals surface area contributed by atoms with Crippen molar-refractivity contribution in [3.63, 3.8) is 0 Å². The molecule has 0 aromatic heterocycles. The Kier molecular flexibility index (Phi) is 7.85. The summed E-state index contributed by atoms with van der Waals surface area (Å²) in [6.07, 6.45) is 7.93. The number of hydrogen-bond acceptors (Lipinski definition) is 4. The van der Waals surface area contributed by atoms with Gasteiger partial charge in [0, 0.05) is 37.8 Å². The lowest BCUT2D eigenvalue weighted by Gasteiger charge is -2.54. The van der Waals surface area contributed by atoms with Crippen molar-refractivity contribution in [2.45, 2.75) is 72.3 Å². The van der Waals surface area contributed by atoms with Crippen LogP contribution in [0.15, 0.2) is 11.6 Å². The number of allylic oxidation sites excluding steroid dienone is 1. The number of nitrogens with zero attached hydrogens (tertiary/aromatic N) is 2. The standard InChI is InChI=1S/C25H44N4O2/c1-6-20-17-29(18-21(20)15-19(2)26)23(30)27-16-22-7-8-25(22)9-11-28(12-10-25)13-14-31-24(3,4)5/h6,21-22,26H,7-18H2,1-5H3,(H,27,30). The molecule has 0 aromatic carbocycles. The molecule has 2 saturated heterocycles. The van der Waals surface area contributed by atoms with E-state index in [1.165, 1.54) is 31.3 Å². The molecule has 0 radical (unpaired) electrons. The summed E-state index contributed by atoms with van der Waals surface area (Å²) >= 11 is 0. The van der Waals surface area contributed by atoms with Crippen LogP contribution in [0.25, 0.3) is 0 Å². The van der Waals surface area contributed by atoms with Gasteiger partial charge in [-0.25, -0.2) is 4.79 Å². The van der Waals surface area contributed by atoms with Crippen LogP contribution >= 0.6 is 0 Å². The molecule has 2 aliphatic heterocycles. The van der Waals surface area contributed by atoms with Gasteiger partial charge in [0.2, 0.25) is 0 Å². The molecular formula is C25H44N4O2. The van der Waals surface area contributed by atoms with Crippen LogP contribution in [0, 0.1) is 22.7 Å². The van der Waals surface area contributed by atoms with Crippen LogP contribution in [-0.4, -0.2) is 73.0 Å². The highest BCUT2D eigenvalue weighted by molar-refractivity contribution is 5.80. The molecule has 2 unspecified atom stereocenters. The maximum atomic E-state index is 12.8. The molecule has 176 valence electrons. The topological polar surface area (TPSA) is 68.7 Å². The van der Waals surface area contributed by atoms with Gasteiger partial charge in [-0.05, 0) is 96.7 Å². The highest BCUT2D eigenvalue weighted by Crippen LogP contribution is 2.53. The van der Waals surface area contributed by atoms with Gasteiger partial charge in [0.25, 0.3) is 0 Å². The molecule has 2 heterocycles. The maximum absolute atomic E-state index is 12.8. The minimum absolute atomic E-state index is 0.0599. The molecule has 6 heteroatoms. The quantitative estimate of drug-likeness (QED) is 0.465. The zero-order valence-corrected chi connectivity index (χ0v) is 20.4. The van der Waals surface area contributed by atoms with Crippen molar-refractivity contribution in [1.29, 1.82) is 5.41 Å². The first-order chi connectivity index (χ1) is 14.6. The third-order valence-corrected chi connectivity index (χ3v) is 7.70. The Hall–Kier alpha value is -1.40. The van der Waals surface area contributed by atoms with Crippen molar-refractivity contribution < 1.29 is 9.53 Å². The molecule has 2 amide bonds. The molecule has 2 N–H and O–H groups in total. The summed E-state index contributed by atoms with van der Waals surface area (Å²) in [6.45, 7) is 16.6. The molecule has 1 spiro atoms. The number of carbonyl (C=O) groups excluding carboxylic acids is 1. The molecule has 6 nitrogen and oxygen atoms in total. The van der Waals surface area contributed by atoms with E-state index in [-0.39, 0.29) is 11.6 Å². The van der Waals surface area contributed by atoms with Gasteiger partial charge in [-0.15, -0.1) is 0 Å². The van der Waals surface area contributed by atoms with Crippen LogP contribution < -0.4 is 5.32 Å². The average Bonchev–Trinajstić information content (AvgIpc) is 3.09. The SMILES string of the molecule is CC=C1CN(C(=O)NCC2CCC23CCN(CCOC(C)(C)C)CC3)CC1CC(C)=N. The van der Waals surface area contributed by atoms with Crippen molar-refractivity contribution in [2.24, 2.45) is 17.3 Å². The van der Waals surface area contributed by atoms with Gasteiger partial charge in [-0.2, -0.15) is 0 Å². The fraction of sp³-hybridized carbons (Fsp3) is 0.840. The summed E-state index contributed by atoms with van der Waals surface area (Å²) < 4.78 is 5.89. The molecule has 1 saturated carbocycles. The molecule has 3 aliphatic rings. The number of urea groups is 1. The second-order valence-electron chi connectivity index (χ2n) is 11.0. The van der Waals surface area contributed by atoms with Crippen LogP contribution in [0.4, 0.5) is 4.79 Å². The van der Waals surface area contributed by atoms with E-state index in [1.54, 1.807) is 0 Å². The van der Waals surface area contributed by atoms with E-state index >= 15 is 0 Å². The van der Waals surface area contributed by atoms with Crippen LogP contribution in [-0.2, 0) is 4.74 Å². The first-order valence-corrected chi connectivity index (χ1v) is 12.2. The third-order valence-electron chi connectivity index (χ3n) is 7.70. The highest BCUT2D eigenvalue weighted by Gasteiger charge is 2.48. The summed E-state index contributed by atoms with van der Waals surface area (Å²) in [6, 6.07) is 0.0725. The number of likely N-dealkylation sites (tertiary alicyclic amines) is 2. The van der Waals surface area contributed by atoms with Crippen molar-refractivity contribution in [3.05, 3.63) is 11.6 Å². The fourth-order valence-electron chi connectivity index (χ4n) is 5.60. The molecule has 0 bridgehead atoms. The number of carbonyl (C=O) groups is 1.